The number of pyridine rings is 1. The van der Waals surface area contributed by atoms with E-state index < -0.39 is 0 Å². The summed E-state index contributed by atoms with van der Waals surface area (Å²) in [5.41, 5.74) is 3.92. The van der Waals surface area contributed by atoms with E-state index in [4.69, 9.17) is 10.6 Å². The Morgan fingerprint density at radius 3 is 3.00 bits per heavy atom. The standard InChI is InChI=1S/C14H23N3O/c1-3-4-5-6-7-8-13(17-15)12-9-10-16-11-14(12)18-2/h3,9-11,13,17H,1,4-8,15H2,2H3. The molecule has 0 spiro atoms. The summed E-state index contributed by atoms with van der Waals surface area (Å²) in [5.74, 6) is 6.41. The van der Waals surface area contributed by atoms with Gasteiger partial charge < -0.3 is 4.74 Å². The second-order valence-corrected chi connectivity index (χ2v) is 4.26. The molecule has 1 rings (SSSR count). The molecule has 4 heteroatoms. The molecular weight excluding hydrogens is 226 g/mol. The van der Waals surface area contributed by atoms with Crippen LogP contribution in [0.5, 0.6) is 5.75 Å². The molecule has 0 radical (unpaired) electrons. The van der Waals surface area contributed by atoms with E-state index in [0.717, 1.165) is 30.6 Å². The van der Waals surface area contributed by atoms with Crippen molar-refractivity contribution in [1.82, 2.24) is 10.4 Å². The van der Waals surface area contributed by atoms with Gasteiger partial charge in [0.25, 0.3) is 0 Å². The monoisotopic (exact) mass is 249 g/mol. The molecule has 0 aliphatic heterocycles. The van der Waals surface area contributed by atoms with Crippen molar-refractivity contribution in [3.63, 3.8) is 0 Å². The molecule has 0 saturated heterocycles. The molecule has 100 valence electrons. The summed E-state index contributed by atoms with van der Waals surface area (Å²) >= 11 is 0. The Bertz CT molecular complexity index is 355. The van der Waals surface area contributed by atoms with Crippen LogP contribution >= 0.6 is 0 Å². The summed E-state index contributed by atoms with van der Waals surface area (Å²) < 4.78 is 5.30. The van der Waals surface area contributed by atoms with Crippen molar-refractivity contribution < 1.29 is 4.74 Å². The molecule has 0 aliphatic rings. The third-order valence-electron chi connectivity index (χ3n) is 3.01. The second kappa shape index (κ2) is 8.66. The van der Waals surface area contributed by atoms with Gasteiger partial charge in [-0.25, -0.2) is 0 Å². The van der Waals surface area contributed by atoms with E-state index in [1.807, 2.05) is 12.1 Å². The number of nitrogens with zero attached hydrogens (tertiary/aromatic N) is 1. The molecular formula is C14H23N3O. The quantitative estimate of drug-likeness (QED) is 0.306. The maximum absolute atomic E-state index is 5.63. The van der Waals surface area contributed by atoms with E-state index in [1.165, 1.54) is 12.8 Å². The van der Waals surface area contributed by atoms with Gasteiger partial charge in [-0.15, -0.1) is 6.58 Å². The third-order valence-corrected chi connectivity index (χ3v) is 3.01. The predicted molar refractivity (Wildman–Crippen MR) is 74.1 cm³/mol. The third kappa shape index (κ3) is 4.47. The number of hydrazine groups is 1. The number of nitrogens with two attached hydrogens (primary N) is 1. The van der Waals surface area contributed by atoms with Crippen molar-refractivity contribution in [3.8, 4) is 5.75 Å². The average molecular weight is 249 g/mol. The maximum atomic E-state index is 5.63. The van der Waals surface area contributed by atoms with Gasteiger partial charge in [0.05, 0.1) is 13.3 Å². The number of nitrogens with one attached hydrogen (secondary N) is 1. The van der Waals surface area contributed by atoms with E-state index in [0.29, 0.717) is 0 Å². The maximum Gasteiger partial charge on any atom is 0.141 e. The summed E-state index contributed by atoms with van der Waals surface area (Å²) in [7, 11) is 1.65. The number of aromatic nitrogens is 1. The Morgan fingerprint density at radius 2 is 2.33 bits per heavy atom. The van der Waals surface area contributed by atoms with Crippen LogP contribution in [0.2, 0.25) is 0 Å². The lowest BCUT2D eigenvalue weighted by Crippen LogP contribution is -2.28. The van der Waals surface area contributed by atoms with Gasteiger partial charge in [0.1, 0.15) is 5.75 Å². The fourth-order valence-electron chi connectivity index (χ4n) is 1.99. The van der Waals surface area contributed by atoms with Crippen LogP contribution in [0.4, 0.5) is 0 Å². The average Bonchev–Trinajstić information content (AvgIpc) is 2.43. The molecule has 0 fully saturated rings. The van der Waals surface area contributed by atoms with Gasteiger partial charge in [-0.3, -0.25) is 16.3 Å². The largest absolute Gasteiger partial charge is 0.495 e. The van der Waals surface area contributed by atoms with Gasteiger partial charge in [0.2, 0.25) is 0 Å². The number of rotatable bonds is 9. The zero-order chi connectivity index (χ0) is 13.2. The van der Waals surface area contributed by atoms with Crippen molar-refractivity contribution in [3.05, 3.63) is 36.7 Å². The van der Waals surface area contributed by atoms with Crippen molar-refractivity contribution in [2.75, 3.05) is 7.11 Å². The molecule has 0 aromatic carbocycles. The summed E-state index contributed by atoms with van der Waals surface area (Å²) in [6.45, 7) is 3.72. The number of hydrogen-bond donors (Lipinski definition) is 2. The number of methoxy groups -OCH3 is 1. The molecule has 0 bridgehead atoms. The topological polar surface area (TPSA) is 60.2 Å². The minimum Gasteiger partial charge on any atom is -0.495 e. The molecule has 1 atom stereocenters. The zero-order valence-electron chi connectivity index (χ0n) is 11.1. The van der Waals surface area contributed by atoms with E-state index in [2.05, 4.69) is 17.0 Å². The van der Waals surface area contributed by atoms with Crippen molar-refractivity contribution in [2.45, 2.75) is 38.1 Å². The van der Waals surface area contributed by atoms with Crippen LogP contribution < -0.4 is 16.0 Å². The summed E-state index contributed by atoms with van der Waals surface area (Å²) in [4.78, 5) is 4.05. The van der Waals surface area contributed by atoms with Gasteiger partial charge in [-0.2, -0.15) is 0 Å². The molecule has 18 heavy (non-hydrogen) atoms. The van der Waals surface area contributed by atoms with Crippen LogP contribution in [-0.2, 0) is 0 Å². The Labute approximate surface area is 109 Å². The first-order chi connectivity index (χ1) is 8.83. The first kappa shape index (κ1) is 14.7. The Morgan fingerprint density at radius 1 is 1.50 bits per heavy atom. The summed E-state index contributed by atoms with van der Waals surface area (Å²) in [5, 5.41) is 0. The van der Waals surface area contributed by atoms with Crippen LogP contribution in [-0.4, -0.2) is 12.1 Å². The molecule has 1 unspecified atom stereocenters. The summed E-state index contributed by atoms with van der Waals surface area (Å²) in [6.07, 6.45) is 11.0. The number of unbranched alkanes of at least 4 members (excludes halogenated alkanes) is 3. The highest BCUT2D eigenvalue weighted by Gasteiger charge is 2.13. The highest BCUT2D eigenvalue weighted by molar-refractivity contribution is 5.32. The molecule has 0 amide bonds. The number of hydrogen-bond acceptors (Lipinski definition) is 4. The Hall–Kier alpha value is -1.39. The van der Waals surface area contributed by atoms with Gasteiger partial charge in [-0.1, -0.05) is 18.9 Å². The first-order valence-electron chi connectivity index (χ1n) is 6.38. The molecule has 1 aromatic rings. The molecule has 0 aliphatic carbocycles. The molecule has 0 saturated carbocycles. The van der Waals surface area contributed by atoms with Crippen molar-refractivity contribution >= 4 is 0 Å². The van der Waals surface area contributed by atoms with Crippen LogP contribution in [0.1, 0.15) is 43.7 Å². The fraction of sp³-hybridized carbons (Fsp3) is 0.500. The van der Waals surface area contributed by atoms with Gasteiger partial charge in [-0.05, 0) is 25.3 Å². The molecule has 1 heterocycles. The van der Waals surface area contributed by atoms with E-state index in [1.54, 1.807) is 19.5 Å². The molecule has 1 aromatic heterocycles. The Kier molecular flexibility index (Phi) is 7.06. The van der Waals surface area contributed by atoms with Gasteiger partial charge >= 0.3 is 0 Å². The highest BCUT2D eigenvalue weighted by Crippen LogP contribution is 2.27. The molecule has 3 N–H and O–H groups in total. The van der Waals surface area contributed by atoms with Gasteiger partial charge in [0.15, 0.2) is 0 Å². The van der Waals surface area contributed by atoms with Gasteiger partial charge in [0, 0.05) is 17.8 Å². The minimum atomic E-state index is 0.117. The Balaban J connectivity index is 2.51. The lowest BCUT2D eigenvalue weighted by molar-refractivity contribution is 0.391. The zero-order valence-corrected chi connectivity index (χ0v) is 11.1. The number of allylic oxidation sites excluding steroid dienone is 1. The van der Waals surface area contributed by atoms with Crippen molar-refractivity contribution in [1.29, 1.82) is 0 Å². The first-order valence-corrected chi connectivity index (χ1v) is 6.38. The van der Waals surface area contributed by atoms with Crippen LogP contribution in [0.25, 0.3) is 0 Å². The minimum absolute atomic E-state index is 0.117. The van der Waals surface area contributed by atoms with E-state index in [9.17, 15) is 0 Å². The van der Waals surface area contributed by atoms with E-state index in [-0.39, 0.29) is 6.04 Å². The van der Waals surface area contributed by atoms with E-state index >= 15 is 0 Å². The van der Waals surface area contributed by atoms with Crippen LogP contribution in [0.15, 0.2) is 31.1 Å². The van der Waals surface area contributed by atoms with Crippen molar-refractivity contribution in [2.24, 2.45) is 5.84 Å². The van der Waals surface area contributed by atoms with Crippen LogP contribution in [0, 0.1) is 0 Å². The normalized spacial score (nSPS) is 12.1. The highest BCUT2D eigenvalue weighted by atomic mass is 16.5. The SMILES string of the molecule is C=CCCCCCC(NN)c1ccncc1OC. The lowest BCUT2D eigenvalue weighted by atomic mass is 10.0. The number of ether oxygens (including phenoxy) is 1. The fourth-order valence-corrected chi connectivity index (χ4v) is 1.99. The smallest absolute Gasteiger partial charge is 0.141 e. The molecule has 4 nitrogen and oxygen atoms in total. The predicted octanol–water partition coefficient (Wildman–Crippen LogP) is 2.73. The second-order valence-electron chi connectivity index (χ2n) is 4.26. The lowest BCUT2D eigenvalue weighted by Gasteiger charge is -2.18. The summed E-state index contributed by atoms with van der Waals surface area (Å²) in [6, 6.07) is 2.07. The van der Waals surface area contributed by atoms with Crippen LogP contribution in [0.3, 0.4) is 0 Å².